The van der Waals surface area contributed by atoms with Crippen molar-refractivity contribution in [1.82, 2.24) is 14.5 Å². The van der Waals surface area contributed by atoms with Gasteiger partial charge in [0.05, 0.1) is 28.4 Å². The molecule has 4 aromatic rings. The van der Waals surface area contributed by atoms with Crippen molar-refractivity contribution in [2.75, 3.05) is 23.6 Å². The second-order valence-corrected chi connectivity index (χ2v) is 13.4. The van der Waals surface area contributed by atoms with Gasteiger partial charge in [0.15, 0.2) is 0 Å². The number of imidazole rings is 1. The van der Waals surface area contributed by atoms with Gasteiger partial charge in [-0.1, -0.05) is 38.1 Å². The van der Waals surface area contributed by atoms with E-state index in [-0.39, 0.29) is 34.7 Å². The van der Waals surface area contributed by atoms with E-state index in [1.165, 1.54) is 6.07 Å². The highest BCUT2D eigenvalue weighted by molar-refractivity contribution is 7.92. The number of likely N-dealkylation sites (tertiary alicyclic amines) is 1. The molecule has 1 saturated heterocycles. The molecule has 6 N–H and O–H groups in total. The minimum absolute atomic E-state index is 0.0156. The number of hydrogen-bond donors (Lipinski definition) is 5. The molecule has 0 bridgehead atoms. The first-order chi connectivity index (χ1) is 20.3. The van der Waals surface area contributed by atoms with Crippen LogP contribution in [0.3, 0.4) is 0 Å². The Bertz CT molecular complexity index is 1860. The summed E-state index contributed by atoms with van der Waals surface area (Å²) >= 11 is 0. The van der Waals surface area contributed by atoms with Crippen LogP contribution in [0.15, 0.2) is 48.5 Å². The number of piperidine rings is 1. The Morgan fingerprint density at radius 1 is 1.09 bits per heavy atom. The minimum atomic E-state index is -3.77. The largest absolute Gasteiger partial charge is 0.478 e. The second-order valence-electron chi connectivity index (χ2n) is 11.6. The number of nitrogens with one attached hydrogen (secondary N) is 3. The number of amidine groups is 2. The number of carboxylic acid groups (broad SMARTS) is 1. The fourth-order valence-electron chi connectivity index (χ4n) is 5.78. The molecule has 0 atom stereocenters. The molecule has 0 aliphatic carbocycles. The Balaban J connectivity index is 1.50. The molecule has 0 unspecified atom stereocenters. The number of aromatic carboxylic acids is 1. The minimum Gasteiger partial charge on any atom is -0.478 e. The Hall–Kier alpha value is -4.45. The molecule has 0 saturated carbocycles. The summed E-state index contributed by atoms with van der Waals surface area (Å²) in [6.07, 6.45) is 1.33. The average molecular weight is 604 g/mol. The van der Waals surface area contributed by atoms with Crippen LogP contribution >= 0.6 is 0 Å². The first-order valence-electron chi connectivity index (χ1n) is 14.3. The van der Waals surface area contributed by atoms with E-state index in [9.17, 15) is 18.3 Å². The number of aromatic nitrogens is 2. The zero-order valence-corrected chi connectivity index (χ0v) is 25.3. The van der Waals surface area contributed by atoms with Crippen LogP contribution in [0.1, 0.15) is 66.8 Å². The number of carbonyl (C=O) groups is 1. The number of nitrogens with two attached hydrogens (primary N) is 1. The van der Waals surface area contributed by atoms with E-state index in [0.29, 0.717) is 60.7 Å². The molecule has 43 heavy (non-hydrogen) atoms. The zero-order chi connectivity index (χ0) is 31.1. The molecule has 12 heteroatoms. The van der Waals surface area contributed by atoms with Crippen molar-refractivity contribution in [3.05, 3.63) is 71.0 Å². The second kappa shape index (κ2) is 11.7. The molecule has 11 nitrogen and oxygen atoms in total. The molecule has 3 aromatic carbocycles. The van der Waals surface area contributed by atoms with Gasteiger partial charge in [-0.05, 0) is 66.3 Å². The van der Waals surface area contributed by atoms with Crippen LogP contribution in [-0.2, 0) is 16.6 Å². The first-order valence-corrected chi connectivity index (χ1v) is 15.9. The number of nitrogen functional groups attached to an aromatic ring is 1. The lowest BCUT2D eigenvalue weighted by molar-refractivity contribution is 0.0699. The average Bonchev–Trinajstić information content (AvgIpc) is 3.30. The Morgan fingerprint density at radius 3 is 2.42 bits per heavy atom. The fourth-order valence-corrected chi connectivity index (χ4v) is 7.30. The first kappa shape index (κ1) is 30.0. The van der Waals surface area contributed by atoms with E-state index >= 15 is 0 Å². The molecule has 1 fully saturated rings. The van der Waals surface area contributed by atoms with Crippen LogP contribution in [0.25, 0.3) is 21.8 Å². The Labute approximate surface area is 250 Å². The van der Waals surface area contributed by atoms with Crippen LogP contribution in [0.5, 0.6) is 0 Å². The molecule has 226 valence electrons. The van der Waals surface area contributed by atoms with Gasteiger partial charge in [-0.2, -0.15) is 0 Å². The predicted molar refractivity (Wildman–Crippen MR) is 170 cm³/mol. The monoisotopic (exact) mass is 603 g/mol. The summed E-state index contributed by atoms with van der Waals surface area (Å²) in [6, 6.07) is 14.6. The van der Waals surface area contributed by atoms with E-state index in [4.69, 9.17) is 21.5 Å². The summed E-state index contributed by atoms with van der Waals surface area (Å²) in [4.78, 5) is 19.0. The maximum absolute atomic E-state index is 13.2. The molecular formula is C31H37N7O4S. The zero-order valence-electron chi connectivity index (χ0n) is 24.5. The smallest absolute Gasteiger partial charge is 0.338 e. The summed E-state index contributed by atoms with van der Waals surface area (Å²) in [5.74, 6) is -0.200. The molecule has 1 aliphatic heterocycles. The normalized spacial score (nSPS) is 14.5. The number of hydrogen-bond acceptors (Lipinski definition) is 6. The van der Waals surface area contributed by atoms with Crippen LogP contribution in [0.4, 0.5) is 5.69 Å². The lowest BCUT2D eigenvalue weighted by Gasteiger charge is -2.32. The third-order valence-electron chi connectivity index (χ3n) is 8.00. The van der Waals surface area contributed by atoms with Gasteiger partial charge in [0.25, 0.3) is 0 Å². The Kier molecular flexibility index (Phi) is 8.15. The quantitative estimate of drug-likeness (QED) is 0.135. The number of anilines is 1. The van der Waals surface area contributed by atoms with E-state index in [0.717, 1.165) is 16.3 Å². The van der Waals surface area contributed by atoms with Crippen LogP contribution < -0.4 is 10.5 Å². The maximum Gasteiger partial charge on any atom is 0.338 e. The summed E-state index contributed by atoms with van der Waals surface area (Å²) in [6.45, 7) is 7.36. The number of fused-ring (bicyclic) bond motifs is 2. The van der Waals surface area contributed by atoms with E-state index in [1.54, 1.807) is 19.1 Å². The number of rotatable bonds is 9. The number of benzene rings is 3. The van der Waals surface area contributed by atoms with Crippen molar-refractivity contribution in [1.29, 1.82) is 10.8 Å². The Morgan fingerprint density at radius 2 is 1.79 bits per heavy atom. The van der Waals surface area contributed by atoms with Gasteiger partial charge in [0, 0.05) is 31.1 Å². The highest BCUT2D eigenvalue weighted by atomic mass is 32.2. The van der Waals surface area contributed by atoms with Gasteiger partial charge in [-0.3, -0.25) is 15.5 Å². The van der Waals surface area contributed by atoms with Gasteiger partial charge in [0.1, 0.15) is 17.2 Å². The third kappa shape index (κ3) is 6.48. The van der Waals surface area contributed by atoms with Gasteiger partial charge in [-0.25, -0.2) is 18.2 Å². The summed E-state index contributed by atoms with van der Waals surface area (Å²) < 4.78 is 31.0. The van der Waals surface area contributed by atoms with E-state index < -0.39 is 16.0 Å². The van der Waals surface area contributed by atoms with Gasteiger partial charge < -0.3 is 20.3 Å². The van der Waals surface area contributed by atoms with Crippen molar-refractivity contribution >= 4 is 55.2 Å². The van der Waals surface area contributed by atoms with Crippen LogP contribution in [0.2, 0.25) is 0 Å². The van der Waals surface area contributed by atoms with Crippen LogP contribution in [0, 0.1) is 16.7 Å². The maximum atomic E-state index is 13.2. The van der Waals surface area contributed by atoms with Crippen LogP contribution in [-0.4, -0.2) is 64.5 Å². The summed E-state index contributed by atoms with van der Waals surface area (Å²) in [7, 11) is -3.77. The molecule has 5 rings (SSSR count). The van der Waals surface area contributed by atoms with E-state index in [1.807, 2.05) is 53.6 Å². The van der Waals surface area contributed by atoms with Crippen molar-refractivity contribution in [2.45, 2.75) is 46.1 Å². The highest BCUT2D eigenvalue weighted by Crippen LogP contribution is 2.31. The molecule has 0 amide bonds. The third-order valence-corrected chi connectivity index (χ3v) is 9.46. The van der Waals surface area contributed by atoms with Gasteiger partial charge in [-0.15, -0.1) is 0 Å². The molecule has 2 heterocycles. The molecule has 0 spiro atoms. The van der Waals surface area contributed by atoms with Crippen molar-refractivity contribution in [3.8, 4) is 0 Å². The number of nitrogens with zero attached hydrogens (tertiary/aromatic N) is 3. The van der Waals surface area contributed by atoms with Crippen molar-refractivity contribution < 1.29 is 18.3 Å². The molecule has 1 aromatic heterocycles. The van der Waals surface area contributed by atoms with Gasteiger partial charge in [0.2, 0.25) is 10.0 Å². The predicted octanol–water partition coefficient (Wildman–Crippen LogP) is 4.79. The molecule has 1 aliphatic rings. The summed E-state index contributed by atoms with van der Waals surface area (Å²) in [5.41, 5.74) is 8.18. The standard InChI is InChI=1S/C31H37N7O4S/c1-18(2)30-35-28-26(31(39)40)14-25(36-43(41,42)17-20-8-10-37(11-9-20)19(3)32)15-27(28)38(30)16-21-4-5-22-6-7-23(29(33)34)13-24(22)12-21/h4-7,12-15,18,20,32,36H,8-11,16-17H2,1-3H3,(H3,33,34)(H,39,40). The lowest BCUT2D eigenvalue weighted by Crippen LogP contribution is -2.39. The number of sulfonamides is 1. The highest BCUT2D eigenvalue weighted by Gasteiger charge is 2.26. The lowest BCUT2D eigenvalue weighted by atomic mass is 9.99. The summed E-state index contributed by atoms with van der Waals surface area (Å²) in [5, 5.41) is 27.6. The SMILES string of the molecule is CC(=N)N1CCC(CS(=O)(=O)Nc2cc(C(=O)O)c3nc(C(C)C)n(Cc4ccc5ccc(C(=N)N)cc5c4)c3c2)CC1. The van der Waals surface area contributed by atoms with Gasteiger partial charge >= 0.3 is 5.97 Å². The topological polar surface area (TPSA) is 178 Å². The van der Waals surface area contributed by atoms with Crippen molar-refractivity contribution in [3.63, 3.8) is 0 Å². The van der Waals surface area contributed by atoms with E-state index in [2.05, 4.69) is 4.72 Å². The fraction of sp³-hybridized carbons (Fsp3) is 0.355. The molecular weight excluding hydrogens is 566 g/mol. The van der Waals surface area contributed by atoms with Crippen molar-refractivity contribution in [2.24, 2.45) is 11.7 Å². The number of carboxylic acids is 1. The molecule has 0 radical (unpaired) electrons.